The number of benzene rings is 1. The van der Waals surface area contributed by atoms with Crippen LogP contribution >= 0.6 is 0 Å². The summed E-state index contributed by atoms with van der Waals surface area (Å²) >= 11 is 0. The first kappa shape index (κ1) is 20.7. The molecule has 0 unspecified atom stereocenters. The predicted octanol–water partition coefficient (Wildman–Crippen LogP) is 2.30. The highest BCUT2D eigenvalue weighted by Crippen LogP contribution is 2.23. The van der Waals surface area contributed by atoms with Crippen LogP contribution in [0.15, 0.2) is 23.0 Å². The van der Waals surface area contributed by atoms with Crippen LogP contribution in [0.4, 0.5) is 5.69 Å². The van der Waals surface area contributed by atoms with Gasteiger partial charge in [0.2, 0.25) is 11.8 Å². The van der Waals surface area contributed by atoms with E-state index in [9.17, 15) is 14.4 Å². The lowest BCUT2D eigenvalue weighted by molar-refractivity contribution is -0.137. The number of piperidine rings is 1. The number of carbonyl (C=O) groups excluding carboxylic acids is 2. The average molecular weight is 414 g/mol. The summed E-state index contributed by atoms with van der Waals surface area (Å²) in [6.45, 7) is 5.21. The Hall–Kier alpha value is -2.61. The van der Waals surface area contributed by atoms with E-state index in [-0.39, 0.29) is 23.6 Å². The van der Waals surface area contributed by atoms with Crippen molar-refractivity contribution in [2.75, 3.05) is 31.5 Å². The van der Waals surface area contributed by atoms with Crippen LogP contribution in [-0.4, -0.2) is 63.8 Å². The maximum Gasteiger partial charge on any atom is 0.323 e. The number of H-pyrrole nitrogens is 2. The Bertz CT molecular complexity index is 949. The molecule has 0 radical (unpaired) electrons. The van der Waals surface area contributed by atoms with E-state index in [0.29, 0.717) is 22.6 Å². The molecule has 4 rings (SSSR count). The lowest BCUT2D eigenvalue weighted by atomic mass is 9.94. The molecule has 1 atom stereocenters. The Labute approximate surface area is 176 Å². The third kappa shape index (κ3) is 4.59. The maximum absolute atomic E-state index is 12.9. The van der Waals surface area contributed by atoms with Crippen molar-refractivity contribution in [3.63, 3.8) is 0 Å². The first-order valence-electron chi connectivity index (χ1n) is 11.1. The Kier molecular flexibility index (Phi) is 6.22. The summed E-state index contributed by atoms with van der Waals surface area (Å²) in [6, 6.07) is 5.03. The molecule has 2 amide bonds. The molecule has 1 aromatic heterocycles. The Morgan fingerprint density at radius 3 is 2.37 bits per heavy atom. The van der Waals surface area contributed by atoms with E-state index >= 15 is 0 Å². The van der Waals surface area contributed by atoms with Gasteiger partial charge in [0, 0.05) is 24.7 Å². The van der Waals surface area contributed by atoms with E-state index in [2.05, 4.69) is 25.1 Å². The number of nitrogens with zero attached hydrogens (tertiary/aromatic N) is 2. The fourth-order valence-electron chi connectivity index (χ4n) is 4.61. The van der Waals surface area contributed by atoms with Gasteiger partial charge in [-0.25, -0.2) is 4.79 Å². The van der Waals surface area contributed by atoms with Gasteiger partial charge in [0.1, 0.15) is 0 Å². The molecule has 2 aliphatic rings. The van der Waals surface area contributed by atoms with E-state index in [1.807, 2.05) is 6.92 Å². The van der Waals surface area contributed by atoms with Crippen molar-refractivity contribution in [2.24, 2.45) is 5.92 Å². The van der Waals surface area contributed by atoms with Gasteiger partial charge < -0.3 is 20.2 Å². The summed E-state index contributed by atoms with van der Waals surface area (Å²) in [7, 11) is 0. The van der Waals surface area contributed by atoms with Crippen molar-refractivity contribution in [2.45, 2.75) is 51.5 Å². The van der Waals surface area contributed by atoms with Crippen LogP contribution in [0.25, 0.3) is 11.0 Å². The van der Waals surface area contributed by atoms with Crippen LogP contribution in [0.3, 0.4) is 0 Å². The maximum atomic E-state index is 12.9. The molecule has 162 valence electrons. The molecule has 0 spiro atoms. The zero-order valence-electron chi connectivity index (χ0n) is 17.6. The van der Waals surface area contributed by atoms with Gasteiger partial charge in [-0.05, 0) is 63.9 Å². The first-order chi connectivity index (χ1) is 14.5. The monoisotopic (exact) mass is 413 g/mol. The summed E-state index contributed by atoms with van der Waals surface area (Å²) in [5.74, 6) is 0.314. The number of fused-ring (bicyclic) bond motifs is 1. The van der Waals surface area contributed by atoms with Gasteiger partial charge in [0.25, 0.3) is 0 Å². The van der Waals surface area contributed by atoms with E-state index in [4.69, 9.17) is 0 Å². The molecule has 8 heteroatoms. The average Bonchev–Trinajstić information content (AvgIpc) is 2.94. The van der Waals surface area contributed by atoms with Crippen molar-refractivity contribution in [1.82, 2.24) is 19.8 Å². The fourth-order valence-corrected chi connectivity index (χ4v) is 4.61. The molecule has 0 saturated carbocycles. The summed E-state index contributed by atoms with van der Waals surface area (Å²) in [6.07, 6.45) is 6.30. The highest BCUT2D eigenvalue weighted by atomic mass is 16.2. The van der Waals surface area contributed by atoms with Crippen LogP contribution in [-0.2, 0) is 9.59 Å². The van der Waals surface area contributed by atoms with E-state index in [1.165, 1.54) is 12.8 Å². The summed E-state index contributed by atoms with van der Waals surface area (Å²) < 4.78 is 0. The standard InChI is InChI=1S/C22H31N5O3/c1-15(20(28)23-17-6-7-18-19(14-17)25-22(30)24-18)26-12-8-16(9-13-26)21(29)27-10-4-2-3-5-11-27/h6-7,14-16H,2-5,8-13H2,1H3,(H,23,28)(H2,24,25,30)/t15-/m1/s1. The second kappa shape index (κ2) is 9.04. The molecule has 0 bridgehead atoms. The number of rotatable bonds is 4. The summed E-state index contributed by atoms with van der Waals surface area (Å²) in [4.78, 5) is 46.6. The molecule has 3 heterocycles. The first-order valence-corrected chi connectivity index (χ1v) is 11.1. The van der Waals surface area contributed by atoms with Gasteiger partial charge in [-0.3, -0.25) is 14.5 Å². The van der Waals surface area contributed by atoms with Crippen molar-refractivity contribution in [1.29, 1.82) is 0 Å². The Balaban J connectivity index is 1.30. The molecule has 2 aromatic rings. The number of anilines is 1. The SMILES string of the molecule is C[C@H](C(=O)Nc1ccc2[nH]c(=O)[nH]c2c1)N1CCC(C(=O)N2CCCCCC2)CC1. The minimum absolute atomic E-state index is 0.0791. The lowest BCUT2D eigenvalue weighted by Gasteiger charge is -2.36. The lowest BCUT2D eigenvalue weighted by Crippen LogP contribution is -2.48. The van der Waals surface area contributed by atoms with Crippen molar-refractivity contribution >= 4 is 28.5 Å². The number of hydrogen-bond acceptors (Lipinski definition) is 4. The number of imidazole rings is 1. The van der Waals surface area contributed by atoms with Crippen LogP contribution in [0, 0.1) is 5.92 Å². The van der Waals surface area contributed by atoms with Crippen LogP contribution < -0.4 is 11.0 Å². The highest BCUT2D eigenvalue weighted by Gasteiger charge is 2.32. The molecule has 2 saturated heterocycles. The van der Waals surface area contributed by atoms with Gasteiger partial charge in [-0.15, -0.1) is 0 Å². The molecule has 0 aliphatic carbocycles. The molecular weight excluding hydrogens is 382 g/mol. The minimum atomic E-state index is -0.278. The second-order valence-electron chi connectivity index (χ2n) is 8.55. The normalized spacial score (nSPS) is 20.1. The second-order valence-corrected chi connectivity index (χ2v) is 8.55. The summed E-state index contributed by atoms with van der Waals surface area (Å²) in [5.41, 5.74) is 1.76. The topological polar surface area (TPSA) is 101 Å². The van der Waals surface area contributed by atoms with Crippen molar-refractivity contribution in [3.8, 4) is 0 Å². The quantitative estimate of drug-likeness (QED) is 0.716. The van der Waals surface area contributed by atoms with Gasteiger partial charge in [0.15, 0.2) is 0 Å². The number of hydrogen-bond donors (Lipinski definition) is 3. The number of likely N-dealkylation sites (tertiary alicyclic amines) is 2. The van der Waals surface area contributed by atoms with E-state index in [1.54, 1.807) is 18.2 Å². The number of aromatic nitrogens is 2. The zero-order valence-corrected chi connectivity index (χ0v) is 17.6. The molecule has 1 aromatic carbocycles. The smallest absolute Gasteiger partial charge is 0.323 e. The zero-order chi connectivity index (χ0) is 21.1. The van der Waals surface area contributed by atoms with Crippen LogP contribution in [0.5, 0.6) is 0 Å². The van der Waals surface area contributed by atoms with Gasteiger partial charge in [0.05, 0.1) is 17.1 Å². The molecule has 2 fully saturated rings. The van der Waals surface area contributed by atoms with Crippen molar-refractivity contribution in [3.05, 3.63) is 28.7 Å². The fraction of sp³-hybridized carbons (Fsp3) is 0.591. The van der Waals surface area contributed by atoms with Gasteiger partial charge in [-0.1, -0.05) is 12.8 Å². The third-order valence-electron chi connectivity index (χ3n) is 6.51. The largest absolute Gasteiger partial charge is 0.342 e. The van der Waals surface area contributed by atoms with Gasteiger partial charge in [-0.2, -0.15) is 0 Å². The Morgan fingerprint density at radius 2 is 1.67 bits per heavy atom. The molecule has 3 N–H and O–H groups in total. The minimum Gasteiger partial charge on any atom is -0.342 e. The van der Waals surface area contributed by atoms with Crippen molar-refractivity contribution < 1.29 is 9.59 Å². The molecule has 8 nitrogen and oxygen atoms in total. The van der Waals surface area contributed by atoms with E-state index < -0.39 is 0 Å². The van der Waals surface area contributed by atoms with E-state index in [0.717, 1.165) is 51.9 Å². The molecule has 2 aliphatic heterocycles. The number of amides is 2. The molecular formula is C22H31N5O3. The highest BCUT2D eigenvalue weighted by molar-refractivity contribution is 5.96. The number of carbonyl (C=O) groups is 2. The van der Waals surface area contributed by atoms with Crippen LogP contribution in [0.2, 0.25) is 0 Å². The molecule has 30 heavy (non-hydrogen) atoms. The summed E-state index contributed by atoms with van der Waals surface area (Å²) in [5, 5.41) is 2.94. The third-order valence-corrected chi connectivity index (χ3v) is 6.51. The van der Waals surface area contributed by atoms with Gasteiger partial charge >= 0.3 is 5.69 Å². The Morgan fingerprint density at radius 1 is 1.00 bits per heavy atom. The predicted molar refractivity (Wildman–Crippen MR) is 116 cm³/mol. The number of aromatic amines is 2. The van der Waals surface area contributed by atoms with Crippen LogP contribution in [0.1, 0.15) is 45.4 Å². The number of nitrogens with one attached hydrogen (secondary N) is 3.